The number of nitrogens with zero attached hydrogens (tertiary/aromatic N) is 1. The Balaban J connectivity index is 3.45. The number of aliphatic hydroxyl groups is 2. The fourth-order valence-electron chi connectivity index (χ4n) is 0.810. The van der Waals surface area contributed by atoms with Crippen molar-refractivity contribution >= 4 is 17.2 Å². The van der Waals surface area contributed by atoms with E-state index < -0.39 is 6.10 Å². The first-order chi connectivity index (χ1) is 5.56. The van der Waals surface area contributed by atoms with Crippen molar-refractivity contribution in [1.29, 1.82) is 0 Å². The second-order valence-corrected chi connectivity index (χ2v) is 3.34. The van der Waals surface area contributed by atoms with Crippen molar-refractivity contribution < 1.29 is 10.2 Å². The summed E-state index contributed by atoms with van der Waals surface area (Å²) in [7, 11) is 1.84. The van der Waals surface area contributed by atoms with E-state index in [9.17, 15) is 0 Å². The Hall–Kier alpha value is -0.230. The van der Waals surface area contributed by atoms with Crippen molar-refractivity contribution in [3.05, 3.63) is 0 Å². The van der Waals surface area contributed by atoms with E-state index in [0.29, 0.717) is 24.5 Å². The molecule has 5 heteroatoms. The van der Waals surface area contributed by atoms with Gasteiger partial charge in [0.15, 0.2) is 0 Å². The molecule has 0 saturated carbocycles. The molecule has 0 fully saturated rings. The lowest BCUT2D eigenvalue weighted by atomic mass is 10.3. The number of hydrogen-bond acceptors (Lipinski definition) is 4. The average Bonchev–Trinajstić information content (AvgIpc) is 2.00. The fourth-order valence-corrected chi connectivity index (χ4v) is 0.901. The van der Waals surface area contributed by atoms with E-state index >= 15 is 0 Å². The van der Waals surface area contributed by atoms with Gasteiger partial charge in [-0.1, -0.05) is 12.2 Å². The maximum absolute atomic E-state index is 9.04. The van der Waals surface area contributed by atoms with Gasteiger partial charge in [0.2, 0.25) is 0 Å². The zero-order chi connectivity index (χ0) is 9.56. The molecule has 0 rings (SSSR count). The molecule has 1 atom stereocenters. The van der Waals surface area contributed by atoms with Gasteiger partial charge in [0, 0.05) is 19.5 Å². The molecule has 0 amide bonds. The van der Waals surface area contributed by atoms with Gasteiger partial charge in [-0.15, -0.1) is 0 Å². The first-order valence-corrected chi connectivity index (χ1v) is 4.23. The lowest BCUT2D eigenvalue weighted by molar-refractivity contribution is 0.0673. The molecular weight excluding hydrogens is 176 g/mol. The van der Waals surface area contributed by atoms with Gasteiger partial charge in [0.25, 0.3) is 0 Å². The largest absolute Gasteiger partial charge is 0.394 e. The van der Waals surface area contributed by atoms with E-state index in [1.165, 1.54) is 0 Å². The zero-order valence-electron chi connectivity index (χ0n) is 7.23. The van der Waals surface area contributed by atoms with Crippen LogP contribution in [-0.4, -0.2) is 52.9 Å². The molecule has 4 nitrogen and oxygen atoms in total. The van der Waals surface area contributed by atoms with Crippen LogP contribution in [0.1, 0.15) is 6.42 Å². The Labute approximate surface area is 78.0 Å². The van der Waals surface area contributed by atoms with Crippen molar-refractivity contribution in [3.63, 3.8) is 0 Å². The Morgan fingerprint density at radius 3 is 2.67 bits per heavy atom. The monoisotopic (exact) mass is 192 g/mol. The van der Waals surface area contributed by atoms with E-state index in [-0.39, 0.29) is 6.61 Å². The number of hydrogen-bond donors (Lipinski definition) is 3. The molecule has 0 aliphatic carbocycles. The molecule has 0 radical (unpaired) electrons. The van der Waals surface area contributed by atoms with Crippen LogP contribution in [0.5, 0.6) is 0 Å². The van der Waals surface area contributed by atoms with E-state index in [1.54, 1.807) is 0 Å². The number of nitrogens with two attached hydrogens (primary N) is 1. The molecule has 0 saturated heterocycles. The molecule has 0 aromatic carbocycles. The Kier molecular flexibility index (Phi) is 6.18. The van der Waals surface area contributed by atoms with Gasteiger partial charge in [-0.2, -0.15) is 0 Å². The van der Waals surface area contributed by atoms with Gasteiger partial charge in [0.1, 0.15) is 0 Å². The molecule has 0 aliphatic heterocycles. The summed E-state index contributed by atoms with van der Waals surface area (Å²) in [6, 6.07) is 0. The molecule has 12 heavy (non-hydrogen) atoms. The first-order valence-electron chi connectivity index (χ1n) is 3.82. The quantitative estimate of drug-likeness (QED) is 0.468. The maximum atomic E-state index is 9.04. The third-order valence-electron chi connectivity index (χ3n) is 1.47. The molecular formula is C7H16N2O2S. The molecule has 0 bridgehead atoms. The minimum atomic E-state index is -0.679. The van der Waals surface area contributed by atoms with Crippen molar-refractivity contribution in [1.82, 2.24) is 4.90 Å². The molecule has 4 N–H and O–H groups in total. The van der Waals surface area contributed by atoms with Crippen LogP contribution < -0.4 is 5.73 Å². The maximum Gasteiger partial charge on any atom is 0.0897 e. The minimum Gasteiger partial charge on any atom is -0.394 e. The van der Waals surface area contributed by atoms with E-state index in [2.05, 4.69) is 0 Å². The number of thiocarbonyl (C=S) groups is 1. The van der Waals surface area contributed by atoms with Gasteiger partial charge in [-0.3, -0.25) is 0 Å². The smallest absolute Gasteiger partial charge is 0.0897 e. The summed E-state index contributed by atoms with van der Waals surface area (Å²) in [5, 5.41) is 17.6. The molecule has 72 valence electrons. The molecule has 0 heterocycles. The summed E-state index contributed by atoms with van der Waals surface area (Å²) in [5.41, 5.74) is 5.30. The normalized spacial score (nSPS) is 13.3. The van der Waals surface area contributed by atoms with Gasteiger partial charge in [-0.25, -0.2) is 0 Å². The highest BCUT2D eigenvalue weighted by atomic mass is 32.1. The number of likely N-dealkylation sites (N-methyl/N-ethyl adjacent to an activating group) is 1. The van der Waals surface area contributed by atoms with Gasteiger partial charge < -0.3 is 20.8 Å². The highest BCUT2D eigenvalue weighted by molar-refractivity contribution is 7.80. The number of rotatable bonds is 6. The Bertz CT molecular complexity index is 143. The zero-order valence-corrected chi connectivity index (χ0v) is 8.05. The van der Waals surface area contributed by atoms with Crippen molar-refractivity contribution in [2.24, 2.45) is 5.73 Å². The minimum absolute atomic E-state index is 0.211. The van der Waals surface area contributed by atoms with Crippen molar-refractivity contribution in [2.75, 3.05) is 26.7 Å². The van der Waals surface area contributed by atoms with Crippen LogP contribution in [0, 0.1) is 0 Å². The Morgan fingerprint density at radius 1 is 1.67 bits per heavy atom. The lowest BCUT2D eigenvalue weighted by Gasteiger charge is -2.18. The highest BCUT2D eigenvalue weighted by Gasteiger charge is 2.06. The SMILES string of the molecule is CN(CCC(N)=S)CC(O)CO. The summed E-state index contributed by atoms with van der Waals surface area (Å²) in [6.45, 7) is 0.947. The summed E-state index contributed by atoms with van der Waals surface area (Å²) in [6.07, 6.45) is -0.0365. The Morgan fingerprint density at radius 2 is 2.25 bits per heavy atom. The van der Waals surface area contributed by atoms with Crippen LogP contribution in [0.4, 0.5) is 0 Å². The average molecular weight is 192 g/mol. The van der Waals surface area contributed by atoms with Crippen LogP contribution in [0.15, 0.2) is 0 Å². The first kappa shape index (κ1) is 11.8. The second kappa shape index (κ2) is 6.30. The van der Waals surface area contributed by atoms with Crippen molar-refractivity contribution in [2.45, 2.75) is 12.5 Å². The van der Waals surface area contributed by atoms with Crippen LogP contribution in [0.25, 0.3) is 0 Å². The summed E-state index contributed by atoms with van der Waals surface area (Å²) >= 11 is 4.70. The van der Waals surface area contributed by atoms with E-state index in [0.717, 1.165) is 0 Å². The molecule has 0 aromatic heterocycles. The third kappa shape index (κ3) is 6.48. The molecule has 0 aromatic rings. The van der Waals surface area contributed by atoms with Crippen LogP contribution in [0.2, 0.25) is 0 Å². The second-order valence-electron chi connectivity index (χ2n) is 2.81. The van der Waals surface area contributed by atoms with Gasteiger partial charge in [0.05, 0.1) is 17.7 Å². The third-order valence-corrected chi connectivity index (χ3v) is 1.68. The predicted octanol–water partition coefficient (Wildman–Crippen LogP) is -1.05. The van der Waals surface area contributed by atoms with E-state index in [1.807, 2.05) is 11.9 Å². The van der Waals surface area contributed by atoms with Crippen molar-refractivity contribution in [3.8, 4) is 0 Å². The molecule has 0 aliphatic rings. The topological polar surface area (TPSA) is 69.7 Å². The number of aliphatic hydroxyl groups excluding tert-OH is 2. The van der Waals surface area contributed by atoms with Crippen LogP contribution in [0.3, 0.4) is 0 Å². The fraction of sp³-hybridized carbons (Fsp3) is 0.857. The summed E-state index contributed by atoms with van der Waals surface area (Å²) in [4.78, 5) is 2.35. The summed E-state index contributed by atoms with van der Waals surface area (Å²) < 4.78 is 0. The molecule has 1 unspecified atom stereocenters. The van der Waals surface area contributed by atoms with Gasteiger partial charge >= 0.3 is 0 Å². The lowest BCUT2D eigenvalue weighted by Crippen LogP contribution is -2.33. The van der Waals surface area contributed by atoms with Crippen LogP contribution >= 0.6 is 12.2 Å². The highest BCUT2D eigenvalue weighted by Crippen LogP contribution is 1.91. The van der Waals surface area contributed by atoms with E-state index in [4.69, 9.17) is 28.2 Å². The van der Waals surface area contributed by atoms with Gasteiger partial charge in [-0.05, 0) is 7.05 Å². The summed E-state index contributed by atoms with van der Waals surface area (Å²) in [5.74, 6) is 0. The van der Waals surface area contributed by atoms with Crippen LogP contribution in [-0.2, 0) is 0 Å². The molecule has 0 spiro atoms. The predicted molar refractivity (Wildman–Crippen MR) is 52.0 cm³/mol. The standard InChI is InChI=1S/C7H16N2O2S/c1-9(3-2-7(8)12)4-6(11)5-10/h6,10-11H,2-5H2,1H3,(H2,8,12).